The predicted molar refractivity (Wildman–Crippen MR) is 252 cm³/mol. The topological polar surface area (TPSA) is 304 Å². The molecular weight excluding hydrogens is 929 g/mol. The van der Waals surface area contributed by atoms with Gasteiger partial charge in [-0.2, -0.15) is 0 Å². The van der Waals surface area contributed by atoms with Crippen molar-refractivity contribution in [2.24, 2.45) is 45.3 Å². The van der Waals surface area contributed by atoms with Crippen molar-refractivity contribution in [3.05, 3.63) is 23.8 Å². The van der Waals surface area contributed by atoms with Crippen molar-refractivity contribution < 1.29 is 94.1 Å². The lowest BCUT2D eigenvalue weighted by atomic mass is 9.35. The highest BCUT2D eigenvalue weighted by Gasteiger charge is 2.72. The maximum absolute atomic E-state index is 12.8. The second kappa shape index (κ2) is 21.7. The Morgan fingerprint density at radius 1 is 0.676 bits per heavy atom. The summed E-state index contributed by atoms with van der Waals surface area (Å²) in [6, 6.07) is 0. The van der Waals surface area contributed by atoms with Crippen molar-refractivity contribution in [1.29, 1.82) is 0 Å². The van der Waals surface area contributed by atoms with Gasteiger partial charge in [0.2, 0.25) is 0 Å². The Bertz CT molecular complexity index is 1880. The van der Waals surface area contributed by atoms with E-state index in [0.29, 0.717) is 32.1 Å². The summed E-state index contributed by atoms with van der Waals surface area (Å²) >= 11 is 0. The van der Waals surface area contributed by atoms with Gasteiger partial charge in [-0.3, -0.25) is 0 Å². The van der Waals surface area contributed by atoms with E-state index in [-0.39, 0.29) is 46.5 Å². The van der Waals surface area contributed by atoms with Gasteiger partial charge in [0.1, 0.15) is 79.9 Å². The molecule has 0 aromatic rings. The summed E-state index contributed by atoms with van der Waals surface area (Å²) in [5.74, 6) is -0.851. The van der Waals surface area contributed by atoms with Gasteiger partial charge in [-0.15, -0.1) is 0 Å². The molecule has 7 rings (SSSR count). The fraction of sp³-hybridized carbons (Fsp3) is 0.904. The van der Waals surface area contributed by atoms with Gasteiger partial charge in [-0.05, 0) is 131 Å². The number of fused-ring (bicyclic) bond motifs is 5. The second-order valence-corrected chi connectivity index (χ2v) is 23.9. The van der Waals surface area contributed by atoms with E-state index in [1.165, 1.54) is 12.2 Å². The minimum atomic E-state index is -1.73. The Balaban J connectivity index is 1.09. The highest BCUT2D eigenvalue weighted by Crippen LogP contribution is 2.76. The van der Waals surface area contributed by atoms with Crippen LogP contribution in [0.1, 0.15) is 120 Å². The summed E-state index contributed by atoms with van der Waals surface area (Å²) in [4.78, 5) is 12.1. The minimum absolute atomic E-state index is 0.108. The van der Waals surface area contributed by atoms with Crippen LogP contribution in [-0.2, 0) is 38.0 Å². The molecule has 25 atom stereocenters. The number of aliphatic hydroxyl groups is 11. The van der Waals surface area contributed by atoms with Crippen LogP contribution in [0.5, 0.6) is 0 Å². The second-order valence-electron chi connectivity index (χ2n) is 23.9. The van der Waals surface area contributed by atoms with Gasteiger partial charge in [0.25, 0.3) is 0 Å². The number of hydrogen-bond acceptors (Lipinski definition) is 19. The van der Waals surface area contributed by atoms with E-state index in [0.717, 1.165) is 31.3 Å². The van der Waals surface area contributed by atoms with E-state index >= 15 is 0 Å². The van der Waals surface area contributed by atoms with Gasteiger partial charge < -0.3 is 89.3 Å². The van der Waals surface area contributed by atoms with Gasteiger partial charge in [0.15, 0.2) is 18.9 Å². The fourth-order valence-electron chi connectivity index (χ4n) is 15.1. The summed E-state index contributed by atoms with van der Waals surface area (Å²) < 4.78 is 42.2. The van der Waals surface area contributed by atoms with E-state index in [2.05, 4.69) is 40.7 Å². The summed E-state index contributed by atoms with van der Waals surface area (Å²) in [7, 11) is 0. The number of carbonyl (C=O) groups excluding carboxylic acids is 1. The molecule has 71 heavy (non-hydrogen) atoms. The molecule has 19 heteroatoms. The molecule has 4 saturated carbocycles. The molecule has 11 N–H and O–H groups in total. The maximum Gasteiger partial charge on any atom is 0.330 e. The smallest absolute Gasteiger partial charge is 0.330 e. The molecule has 3 saturated heterocycles. The first kappa shape index (κ1) is 57.0. The first-order valence-corrected chi connectivity index (χ1v) is 26.0. The number of esters is 1. The molecule has 0 unspecified atom stereocenters. The van der Waals surface area contributed by atoms with Gasteiger partial charge in [0.05, 0.1) is 31.0 Å². The summed E-state index contributed by atoms with van der Waals surface area (Å²) in [6.07, 6.45) is -12.7. The van der Waals surface area contributed by atoms with Crippen LogP contribution in [0.25, 0.3) is 0 Å². The highest BCUT2D eigenvalue weighted by molar-refractivity contribution is 5.81. The van der Waals surface area contributed by atoms with Crippen LogP contribution in [0.3, 0.4) is 0 Å². The number of rotatable bonds is 15. The molecule has 0 radical (unpaired) electrons. The Morgan fingerprint density at radius 3 is 1.86 bits per heavy atom. The monoisotopic (exact) mass is 1010 g/mol. The number of aliphatic hydroxyl groups excluding tert-OH is 11. The standard InChI is InChI=1S/C52H86O19/c1-10-12-34(55)65-23-29-37(57)40(60)43(63)46(68-29)70-33-16-18-49(6)31(48(33,4)5)15-20-50(7)32(49)21-27(54)35-26(14-19-51(35,50)8)52(9,17-11-13-25(2)3)71-47-44(64)41(61)38(58)30(69-47)24-66-45-42(62)39(59)36(56)28(22-53)67-45/h10,12-13,26-33,35-47,53-54,56-64H,11,14-24H2,1-9H3/b12-10+/t26-,27+,28+,29+,30+,31-,32+,33-,35-,36+,37+,38+,39-,40-,41-,42+,43+,44+,45+,46-,47-,49-,50+,51+,52-/m0/s1. The first-order chi connectivity index (χ1) is 33.2. The number of hydrogen-bond donors (Lipinski definition) is 11. The molecule has 19 nitrogen and oxygen atoms in total. The van der Waals surface area contributed by atoms with Gasteiger partial charge in [-0.1, -0.05) is 52.3 Å². The molecule has 0 aromatic carbocycles. The average Bonchev–Trinajstić information content (AvgIpc) is 3.70. The zero-order valence-electron chi connectivity index (χ0n) is 43.0. The van der Waals surface area contributed by atoms with E-state index in [1.807, 2.05) is 20.8 Å². The SMILES string of the molecule is C/C=C/C(=O)OC[C@H]1O[C@@H](O[C@H]2CC[C@]3(C)[C@H]4C[C@@H](O)[C@@H]5[C@@H]([C@](C)(CCC=C(C)C)O[C@@H]6O[C@H](CO[C@@H]7O[C@H](CO)[C@@H](O)[C@H](O)[C@H]7O)[C@@H](O)[C@H](O)[C@H]6O)CC[C@@]5(C)[C@]4(C)CC[C@H]3C2(C)C)[C@H](O)[C@@H](O)[C@@H]1O. The predicted octanol–water partition coefficient (Wildman–Crippen LogP) is 1.10. The third-order valence-electron chi connectivity index (χ3n) is 19.3. The average molecular weight is 1020 g/mol. The van der Waals surface area contributed by atoms with Gasteiger partial charge in [-0.25, -0.2) is 4.79 Å². The molecule has 7 aliphatic rings. The maximum atomic E-state index is 12.8. The van der Waals surface area contributed by atoms with Crippen molar-refractivity contribution in [3.8, 4) is 0 Å². The lowest BCUT2D eigenvalue weighted by molar-refractivity contribution is -0.350. The minimum Gasteiger partial charge on any atom is -0.460 e. The molecule has 3 aliphatic heterocycles. The van der Waals surface area contributed by atoms with Crippen LogP contribution in [0, 0.1) is 45.3 Å². The highest BCUT2D eigenvalue weighted by atomic mass is 16.7. The molecule has 0 aromatic heterocycles. The fourth-order valence-corrected chi connectivity index (χ4v) is 15.1. The van der Waals surface area contributed by atoms with Crippen molar-refractivity contribution in [2.75, 3.05) is 19.8 Å². The van der Waals surface area contributed by atoms with Gasteiger partial charge >= 0.3 is 5.97 Å². The van der Waals surface area contributed by atoms with E-state index in [1.54, 1.807) is 6.92 Å². The Hall–Kier alpha value is -1.73. The van der Waals surface area contributed by atoms with Crippen LogP contribution >= 0.6 is 0 Å². The zero-order chi connectivity index (χ0) is 52.3. The Labute approximate surface area is 418 Å². The molecule has 0 spiro atoms. The van der Waals surface area contributed by atoms with Crippen molar-refractivity contribution in [3.63, 3.8) is 0 Å². The normalized spacial score (nSPS) is 49.5. The van der Waals surface area contributed by atoms with Crippen molar-refractivity contribution in [2.45, 2.75) is 230 Å². The van der Waals surface area contributed by atoms with E-state index < -0.39 is 135 Å². The molecule has 0 amide bonds. The summed E-state index contributed by atoms with van der Waals surface area (Å²) in [5.41, 5.74) is -1.21. The van der Waals surface area contributed by atoms with E-state index in [4.69, 9.17) is 33.2 Å². The third kappa shape index (κ3) is 10.3. The molecule has 4 aliphatic carbocycles. The number of ether oxygens (including phenoxy) is 7. The first-order valence-electron chi connectivity index (χ1n) is 26.0. The lowest BCUT2D eigenvalue weighted by Crippen LogP contribution is -2.67. The molecule has 7 fully saturated rings. The van der Waals surface area contributed by atoms with Crippen LogP contribution in [0.15, 0.2) is 23.8 Å². The Morgan fingerprint density at radius 2 is 1.24 bits per heavy atom. The molecule has 408 valence electrons. The zero-order valence-corrected chi connectivity index (χ0v) is 43.0. The van der Waals surface area contributed by atoms with Gasteiger partial charge in [0, 0.05) is 6.08 Å². The van der Waals surface area contributed by atoms with Crippen molar-refractivity contribution >= 4 is 5.97 Å². The Kier molecular flexibility index (Phi) is 17.4. The third-order valence-corrected chi connectivity index (χ3v) is 19.3. The van der Waals surface area contributed by atoms with Crippen LogP contribution in [0.2, 0.25) is 0 Å². The van der Waals surface area contributed by atoms with Crippen LogP contribution in [0.4, 0.5) is 0 Å². The quantitative estimate of drug-likeness (QED) is 0.0474. The largest absolute Gasteiger partial charge is 0.460 e. The number of carbonyl (C=O) groups is 1. The van der Waals surface area contributed by atoms with E-state index in [9.17, 15) is 61.0 Å². The van der Waals surface area contributed by atoms with Crippen molar-refractivity contribution in [1.82, 2.24) is 0 Å². The summed E-state index contributed by atoms with van der Waals surface area (Å²) in [5, 5.41) is 120. The molecule has 3 heterocycles. The number of allylic oxidation sites excluding steroid dienone is 3. The van der Waals surface area contributed by atoms with Crippen LogP contribution < -0.4 is 0 Å². The van der Waals surface area contributed by atoms with Crippen LogP contribution in [-0.4, -0.2) is 192 Å². The molecule has 0 bridgehead atoms. The molecular formula is C52H86O19. The summed E-state index contributed by atoms with van der Waals surface area (Å²) in [6.45, 7) is 17.6. The lowest BCUT2D eigenvalue weighted by Gasteiger charge is -2.71.